The molecule has 0 fully saturated rings. The molecule has 1 aromatic heterocycles. The van der Waals surface area contributed by atoms with Crippen LogP contribution < -0.4 is 11.1 Å². The number of hydrogen-bond acceptors (Lipinski definition) is 4. The number of rotatable bonds is 3. The topological polar surface area (TPSA) is 81.2 Å². The number of carbonyl (C=O) groups is 1. The summed E-state index contributed by atoms with van der Waals surface area (Å²) in [6.45, 7) is 1.99. The normalized spacial score (nSPS) is 11.1. The van der Waals surface area contributed by atoms with Gasteiger partial charge in [0.05, 0.1) is 0 Å². The minimum absolute atomic E-state index is 0.0469. The van der Waals surface area contributed by atoms with Gasteiger partial charge in [-0.15, -0.1) is 0 Å². The van der Waals surface area contributed by atoms with E-state index in [1.165, 1.54) is 6.92 Å². The number of nitrogen functional groups attached to an aromatic ring is 1. The van der Waals surface area contributed by atoms with Crippen molar-refractivity contribution in [2.24, 2.45) is 0 Å². The maximum Gasteiger partial charge on any atom is 0.292 e. The summed E-state index contributed by atoms with van der Waals surface area (Å²) in [5, 5.41) is 2.68. The third-order valence-electron chi connectivity index (χ3n) is 2.21. The zero-order valence-electron chi connectivity index (χ0n) is 9.43. The summed E-state index contributed by atoms with van der Waals surface area (Å²) in [6, 6.07) is 5.76. The fourth-order valence-corrected chi connectivity index (χ4v) is 1.46. The summed E-state index contributed by atoms with van der Waals surface area (Å²) in [7, 11) is 0. The largest absolute Gasteiger partial charge is 0.424 e. The quantitative estimate of drug-likeness (QED) is 0.839. The number of fused-ring (bicyclic) bond motifs is 1. The first kappa shape index (κ1) is 11.2. The molecule has 0 aliphatic heterocycles. The Hall–Kier alpha value is -2.30. The van der Waals surface area contributed by atoms with Gasteiger partial charge in [-0.05, 0) is 17.7 Å². The summed E-state index contributed by atoms with van der Waals surface area (Å²) < 4.78 is 5.17. The second-order valence-corrected chi connectivity index (χ2v) is 3.62. The van der Waals surface area contributed by atoms with E-state index in [9.17, 15) is 4.79 Å². The van der Waals surface area contributed by atoms with Crippen LogP contribution in [0.4, 0.5) is 6.01 Å². The molecular formula is C12H13N3O2. The average Bonchev–Trinajstić information content (AvgIpc) is 2.63. The zero-order valence-corrected chi connectivity index (χ0v) is 9.43. The van der Waals surface area contributed by atoms with E-state index < -0.39 is 0 Å². The van der Waals surface area contributed by atoms with E-state index in [1.54, 1.807) is 0 Å². The lowest BCUT2D eigenvalue weighted by Crippen LogP contribution is -2.19. The Balaban J connectivity index is 2.10. The van der Waals surface area contributed by atoms with Gasteiger partial charge in [0.2, 0.25) is 5.91 Å². The van der Waals surface area contributed by atoms with Gasteiger partial charge in [0.1, 0.15) is 5.52 Å². The first-order valence-electron chi connectivity index (χ1n) is 5.22. The van der Waals surface area contributed by atoms with Crippen molar-refractivity contribution in [1.29, 1.82) is 0 Å². The molecule has 1 heterocycles. The lowest BCUT2D eigenvalue weighted by molar-refractivity contribution is -0.118. The van der Waals surface area contributed by atoms with E-state index >= 15 is 0 Å². The van der Waals surface area contributed by atoms with Crippen molar-refractivity contribution < 1.29 is 9.21 Å². The number of nitrogens with one attached hydrogen (secondary N) is 1. The molecule has 0 atom stereocenters. The van der Waals surface area contributed by atoms with Crippen LogP contribution in [0.5, 0.6) is 0 Å². The van der Waals surface area contributed by atoms with Gasteiger partial charge < -0.3 is 15.5 Å². The number of aromatic nitrogens is 1. The molecule has 0 bridgehead atoms. The summed E-state index contributed by atoms with van der Waals surface area (Å²) in [5.41, 5.74) is 7.83. The fourth-order valence-electron chi connectivity index (χ4n) is 1.46. The Morgan fingerprint density at radius 1 is 1.59 bits per heavy atom. The van der Waals surface area contributed by atoms with Crippen LogP contribution in [-0.4, -0.2) is 17.4 Å². The number of nitrogens with zero attached hydrogens (tertiary/aromatic N) is 1. The van der Waals surface area contributed by atoms with Crippen molar-refractivity contribution in [2.45, 2.75) is 6.92 Å². The molecule has 0 saturated carbocycles. The first-order valence-corrected chi connectivity index (χ1v) is 5.22. The first-order chi connectivity index (χ1) is 8.15. The van der Waals surface area contributed by atoms with Crippen molar-refractivity contribution >= 4 is 29.1 Å². The van der Waals surface area contributed by atoms with Gasteiger partial charge in [0.25, 0.3) is 6.01 Å². The van der Waals surface area contributed by atoms with Gasteiger partial charge in [0, 0.05) is 13.5 Å². The third kappa shape index (κ3) is 2.84. The van der Waals surface area contributed by atoms with Crippen molar-refractivity contribution in [1.82, 2.24) is 10.3 Å². The lowest BCUT2D eigenvalue weighted by atomic mass is 10.2. The van der Waals surface area contributed by atoms with Gasteiger partial charge in [-0.2, -0.15) is 4.98 Å². The second-order valence-electron chi connectivity index (χ2n) is 3.62. The Morgan fingerprint density at radius 3 is 3.18 bits per heavy atom. The number of nitrogens with two attached hydrogens (primary N) is 1. The van der Waals surface area contributed by atoms with Crippen LogP contribution in [0.25, 0.3) is 17.2 Å². The fraction of sp³-hybridized carbons (Fsp3) is 0.167. The molecule has 0 aliphatic carbocycles. The lowest BCUT2D eigenvalue weighted by Gasteiger charge is -1.95. The molecule has 2 rings (SSSR count). The van der Waals surface area contributed by atoms with Crippen molar-refractivity contribution in [3.05, 3.63) is 29.8 Å². The molecule has 0 spiro atoms. The predicted molar refractivity (Wildman–Crippen MR) is 66.1 cm³/mol. The Bertz CT molecular complexity index is 572. The van der Waals surface area contributed by atoms with Gasteiger partial charge in [-0.25, -0.2) is 0 Å². The average molecular weight is 231 g/mol. The Labute approximate surface area is 98.3 Å². The standard InChI is InChI=1S/C12H13N3O2/c1-8(16)14-6-2-3-9-4-5-11-10(7-9)15-12(13)17-11/h2-5,7H,6H2,1H3,(H2,13,15)(H,14,16). The van der Waals surface area contributed by atoms with Crippen molar-refractivity contribution in [3.8, 4) is 0 Å². The van der Waals surface area contributed by atoms with E-state index in [1.807, 2.05) is 30.4 Å². The minimum Gasteiger partial charge on any atom is -0.424 e. The van der Waals surface area contributed by atoms with E-state index in [0.717, 1.165) is 11.1 Å². The SMILES string of the molecule is CC(=O)NCC=Cc1ccc2oc(N)nc2c1. The Kier molecular flexibility index (Phi) is 3.09. The smallest absolute Gasteiger partial charge is 0.292 e. The van der Waals surface area contributed by atoms with Crippen LogP contribution in [-0.2, 0) is 4.79 Å². The van der Waals surface area contributed by atoms with Crippen LogP contribution in [0.1, 0.15) is 12.5 Å². The van der Waals surface area contributed by atoms with Crippen LogP contribution in [0, 0.1) is 0 Å². The highest BCUT2D eigenvalue weighted by molar-refractivity contribution is 5.77. The molecule has 1 aromatic carbocycles. The number of benzene rings is 1. The molecule has 17 heavy (non-hydrogen) atoms. The molecule has 0 unspecified atom stereocenters. The molecule has 5 nitrogen and oxygen atoms in total. The second kappa shape index (κ2) is 4.69. The maximum atomic E-state index is 10.7. The maximum absolute atomic E-state index is 10.7. The van der Waals surface area contributed by atoms with Gasteiger partial charge in [-0.1, -0.05) is 18.2 Å². The third-order valence-corrected chi connectivity index (χ3v) is 2.21. The molecule has 1 amide bonds. The highest BCUT2D eigenvalue weighted by Crippen LogP contribution is 2.18. The molecule has 2 aromatic rings. The van der Waals surface area contributed by atoms with Crippen LogP contribution in [0.15, 0.2) is 28.7 Å². The predicted octanol–water partition coefficient (Wildman–Crippen LogP) is 1.56. The van der Waals surface area contributed by atoms with E-state index in [2.05, 4.69) is 10.3 Å². The number of anilines is 1. The Morgan fingerprint density at radius 2 is 2.41 bits per heavy atom. The number of amides is 1. The molecule has 0 saturated heterocycles. The van der Waals surface area contributed by atoms with Crippen LogP contribution in [0.3, 0.4) is 0 Å². The summed E-state index contributed by atoms with van der Waals surface area (Å²) in [4.78, 5) is 14.7. The molecule has 88 valence electrons. The highest BCUT2D eigenvalue weighted by Gasteiger charge is 2.01. The zero-order chi connectivity index (χ0) is 12.3. The summed E-state index contributed by atoms with van der Waals surface area (Å²) in [5.74, 6) is -0.0469. The molecule has 5 heteroatoms. The minimum atomic E-state index is -0.0469. The highest BCUT2D eigenvalue weighted by atomic mass is 16.4. The monoisotopic (exact) mass is 231 g/mol. The van der Waals surface area contributed by atoms with Gasteiger partial charge in [-0.3, -0.25) is 4.79 Å². The molecular weight excluding hydrogens is 218 g/mol. The van der Waals surface area contributed by atoms with Gasteiger partial charge >= 0.3 is 0 Å². The molecule has 3 N–H and O–H groups in total. The summed E-state index contributed by atoms with van der Waals surface area (Å²) >= 11 is 0. The number of hydrogen-bond donors (Lipinski definition) is 2. The van der Waals surface area contributed by atoms with Crippen LogP contribution >= 0.6 is 0 Å². The van der Waals surface area contributed by atoms with Crippen molar-refractivity contribution in [3.63, 3.8) is 0 Å². The number of carbonyl (C=O) groups excluding carboxylic acids is 1. The van der Waals surface area contributed by atoms with E-state index in [0.29, 0.717) is 12.1 Å². The number of oxazole rings is 1. The van der Waals surface area contributed by atoms with Crippen molar-refractivity contribution in [2.75, 3.05) is 12.3 Å². The van der Waals surface area contributed by atoms with E-state index in [4.69, 9.17) is 10.2 Å². The molecule has 0 radical (unpaired) electrons. The summed E-state index contributed by atoms with van der Waals surface area (Å²) in [6.07, 6.45) is 3.77. The van der Waals surface area contributed by atoms with Crippen LogP contribution in [0.2, 0.25) is 0 Å². The van der Waals surface area contributed by atoms with E-state index in [-0.39, 0.29) is 11.9 Å². The molecule has 0 aliphatic rings. The van der Waals surface area contributed by atoms with Gasteiger partial charge in [0.15, 0.2) is 5.58 Å².